The Morgan fingerprint density at radius 3 is 2.48 bits per heavy atom. The maximum absolute atomic E-state index is 6.09. The van der Waals surface area contributed by atoms with Crippen molar-refractivity contribution >= 4 is 45.0 Å². The minimum Gasteiger partial charge on any atom is -0.147 e. The zero-order valence-corrected chi connectivity index (χ0v) is 17.0. The molecule has 2 aromatic carbocycles. The second-order valence-electron chi connectivity index (χ2n) is 5.52. The predicted molar refractivity (Wildman–Crippen MR) is 102 cm³/mol. The molecule has 3 rings (SSSR count). The van der Waals surface area contributed by atoms with E-state index < -0.39 is 18.3 Å². The van der Waals surface area contributed by atoms with Crippen molar-refractivity contribution in [2.45, 2.75) is 25.5 Å². The van der Waals surface area contributed by atoms with Gasteiger partial charge in [-0.25, -0.2) is 0 Å². The van der Waals surface area contributed by atoms with Crippen molar-refractivity contribution in [3.63, 3.8) is 0 Å². The van der Waals surface area contributed by atoms with E-state index in [1.54, 1.807) is 0 Å². The summed E-state index contributed by atoms with van der Waals surface area (Å²) in [4.78, 5) is 0. The van der Waals surface area contributed by atoms with E-state index in [1.807, 2.05) is 0 Å². The summed E-state index contributed by atoms with van der Waals surface area (Å²) in [5.74, 6) is 0. The maximum Gasteiger partial charge on any atom is -0.147 e. The number of allylic oxidation sites excluding steroid dienone is 4. The van der Waals surface area contributed by atoms with Gasteiger partial charge in [0.25, 0.3) is 0 Å². The first-order valence-corrected chi connectivity index (χ1v) is 10.5. The standard InChI is InChI=1S/C16H13.C2H5O.CH3.2ClH.Ti/c1-12-6-7-15(10-12)16-9-8-13-4-2-3-5-14(13)11-16;1-2-3;;;;/h2-6,8-10H,7H2,1H3;2H2,1H3;1H3;2*1H;/q;-1;;;;+1. The Morgan fingerprint density at radius 1 is 1.09 bits per heavy atom. The Kier molecular flexibility index (Phi) is 8.06. The number of hydrogen-bond donors (Lipinski definition) is 0. The van der Waals surface area contributed by atoms with Gasteiger partial charge in [0.1, 0.15) is 0 Å². The van der Waals surface area contributed by atoms with Crippen LogP contribution in [0.3, 0.4) is 0 Å². The van der Waals surface area contributed by atoms with Crippen molar-refractivity contribution in [2.75, 3.05) is 6.61 Å². The quantitative estimate of drug-likeness (QED) is 0.617. The number of halogens is 2. The van der Waals surface area contributed by atoms with Gasteiger partial charge in [0.15, 0.2) is 0 Å². The fourth-order valence-electron chi connectivity index (χ4n) is 3.06. The molecule has 1 aliphatic carbocycles. The molecule has 1 aliphatic rings. The molecule has 0 aliphatic heterocycles. The van der Waals surface area contributed by atoms with Gasteiger partial charge >= 0.3 is 134 Å². The van der Waals surface area contributed by atoms with Crippen LogP contribution in [0.25, 0.3) is 16.3 Å². The van der Waals surface area contributed by atoms with Crippen molar-refractivity contribution in [3.8, 4) is 0 Å². The van der Waals surface area contributed by atoms with Gasteiger partial charge in [-0.05, 0) is 0 Å². The van der Waals surface area contributed by atoms with Crippen LogP contribution in [0.5, 0.6) is 0 Å². The summed E-state index contributed by atoms with van der Waals surface area (Å²) in [6.07, 6.45) is 5.68. The summed E-state index contributed by atoms with van der Waals surface area (Å²) in [6, 6.07) is 13.2. The summed E-state index contributed by atoms with van der Waals surface area (Å²) in [5.41, 5.74) is 4.23. The van der Waals surface area contributed by atoms with E-state index in [4.69, 9.17) is 3.32 Å². The summed E-state index contributed by atoms with van der Waals surface area (Å²) in [7, 11) is 0. The minimum atomic E-state index is -1.69. The third-order valence-corrected chi connectivity index (χ3v) is 7.10. The van der Waals surface area contributed by atoms with Crippen molar-refractivity contribution in [1.82, 2.24) is 0 Å². The van der Waals surface area contributed by atoms with E-state index in [0.717, 1.165) is 13.0 Å². The Labute approximate surface area is 157 Å². The smallest absolute Gasteiger partial charge is 0.147 e. The molecule has 23 heavy (non-hydrogen) atoms. The Hall–Kier alpha value is -0.566. The molecule has 0 heterocycles. The van der Waals surface area contributed by atoms with E-state index >= 15 is 0 Å². The Balaban J connectivity index is 0.00000132. The first kappa shape index (κ1) is 20.5. The molecule has 123 valence electrons. The average Bonchev–Trinajstić information content (AvgIpc) is 2.92. The summed E-state index contributed by atoms with van der Waals surface area (Å²) in [5, 5.41) is 5.03. The summed E-state index contributed by atoms with van der Waals surface area (Å²) >= 11 is -1.69. The van der Waals surface area contributed by atoms with Crippen LogP contribution in [0.2, 0.25) is 5.23 Å². The fourth-order valence-corrected chi connectivity index (χ4v) is 5.88. The van der Waals surface area contributed by atoms with Gasteiger partial charge < -0.3 is 0 Å². The molecule has 0 amide bonds. The van der Waals surface area contributed by atoms with Crippen LogP contribution in [0.1, 0.15) is 25.8 Å². The zero-order valence-electron chi connectivity index (χ0n) is 13.8. The molecule has 0 atom stereocenters. The van der Waals surface area contributed by atoms with E-state index in [2.05, 4.69) is 67.6 Å². The van der Waals surface area contributed by atoms with Crippen molar-refractivity contribution < 1.29 is 21.6 Å². The molecule has 0 saturated carbocycles. The number of fused-ring (bicyclic) bond motifs is 1. The second kappa shape index (κ2) is 9.06. The minimum absolute atomic E-state index is 0. The summed E-state index contributed by atoms with van der Waals surface area (Å²) < 4.78 is 7.58. The van der Waals surface area contributed by atoms with Gasteiger partial charge in [-0.1, -0.05) is 0 Å². The third-order valence-electron chi connectivity index (χ3n) is 4.03. The van der Waals surface area contributed by atoms with Gasteiger partial charge in [0.05, 0.1) is 0 Å². The maximum atomic E-state index is 6.09. The van der Waals surface area contributed by atoms with Gasteiger partial charge in [0.2, 0.25) is 0 Å². The largest absolute Gasteiger partial charge is 0.147 e. The van der Waals surface area contributed by atoms with Crippen LogP contribution in [-0.4, -0.2) is 6.61 Å². The van der Waals surface area contributed by atoms with Crippen LogP contribution in [0.15, 0.2) is 54.1 Å². The van der Waals surface area contributed by atoms with Crippen LogP contribution < -0.4 is 3.87 Å². The molecule has 4 heteroatoms. The average molecular weight is 386 g/mol. The second-order valence-corrected chi connectivity index (χ2v) is 8.49. The molecule has 0 N–H and O–H groups in total. The molecular formula is C19H23Cl2OTi. The Morgan fingerprint density at radius 2 is 1.83 bits per heavy atom. The fraction of sp³-hybridized carbons (Fsp3) is 0.263. The molecule has 0 aromatic heterocycles. The van der Waals surface area contributed by atoms with E-state index in [-0.39, 0.29) is 24.8 Å². The van der Waals surface area contributed by atoms with Crippen LogP contribution >= 0.6 is 24.8 Å². The number of benzene rings is 2. The molecule has 0 spiro atoms. The first-order valence-electron chi connectivity index (χ1n) is 7.57. The van der Waals surface area contributed by atoms with Crippen LogP contribution in [0.4, 0.5) is 0 Å². The molecule has 0 fully saturated rings. The van der Waals surface area contributed by atoms with Gasteiger partial charge in [-0.15, -0.1) is 24.8 Å². The molecule has 0 unspecified atom stereocenters. The number of hydrogen-bond acceptors (Lipinski definition) is 1. The molecular weight excluding hydrogens is 363 g/mol. The monoisotopic (exact) mass is 385 g/mol. The van der Waals surface area contributed by atoms with Crippen molar-refractivity contribution in [2.24, 2.45) is 0 Å². The number of rotatable bonds is 4. The molecule has 1 nitrogen and oxygen atoms in total. The van der Waals surface area contributed by atoms with E-state index in [0.29, 0.717) is 0 Å². The topological polar surface area (TPSA) is 9.23 Å². The third kappa shape index (κ3) is 4.29. The molecule has 0 bridgehead atoms. The Bertz CT molecular complexity index is 737. The predicted octanol–water partition coefficient (Wildman–Crippen LogP) is 5.66. The van der Waals surface area contributed by atoms with Crippen molar-refractivity contribution in [1.29, 1.82) is 0 Å². The van der Waals surface area contributed by atoms with Gasteiger partial charge in [-0.2, -0.15) is 0 Å². The van der Waals surface area contributed by atoms with Gasteiger partial charge in [-0.3, -0.25) is 0 Å². The zero-order chi connectivity index (χ0) is 14.8. The molecule has 0 saturated heterocycles. The normalized spacial score (nSPS) is 13.0. The molecule has 0 radical (unpaired) electrons. The summed E-state index contributed by atoms with van der Waals surface area (Å²) in [6.45, 7) is 5.09. The first-order chi connectivity index (χ1) is 10.2. The van der Waals surface area contributed by atoms with Crippen LogP contribution in [-0.2, 0) is 21.6 Å². The van der Waals surface area contributed by atoms with E-state index in [9.17, 15) is 0 Å². The van der Waals surface area contributed by atoms with Crippen molar-refractivity contribution in [3.05, 3.63) is 59.7 Å². The van der Waals surface area contributed by atoms with Crippen LogP contribution in [0, 0.1) is 0 Å². The van der Waals surface area contributed by atoms with Gasteiger partial charge in [0, 0.05) is 0 Å². The van der Waals surface area contributed by atoms with E-state index in [1.165, 1.54) is 31.4 Å². The SMILES string of the molecule is CC[O][Ti]([CH3])[c]1c(C2=CC(C)=CC2)ccc2ccccc12.Cl.Cl. The molecule has 2 aromatic rings.